The van der Waals surface area contributed by atoms with E-state index in [9.17, 15) is 9.59 Å². The predicted molar refractivity (Wildman–Crippen MR) is 119 cm³/mol. The van der Waals surface area contributed by atoms with E-state index < -0.39 is 5.91 Å². The number of H-pyrrole nitrogens is 1. The van der Waals surface area contributed by atoms with Gasteiger partial charge in [-0.1, -0.05) is 24.8 Å². The summed E-state index contributed by atoms with van der Waals surface area (Å²) in [6.07, 6.45) is 4.67. The highest BCUT2D eigenvalue weighted by molar-refractivity contribution is 6.11. The van der Waals surface area contributed by atoms with E-state index in [1.54, 1.807) is 18.5 Å². The molecule has 4 rings (SSSR count). The summed E-state index contributed by atoms with van der Waals surface area (Å²) in [5.74, 6) is -0.774. The Labute approximate surface area is 173 Å². The molecule has 0 aliphatic carbocycles. The second-order valence-corrected chi connectivity index (χ2v) is 6.90. The summed E-state index contributed by atoms with van der Waals surface area (Å²) in [7, 11) is 0. The van der Waals surface area contributed by atoms with E-state index in [0.29, 0.717) is 16.8 Å². The maximum Gasteiger partial charge on any atom is 0.250 e. The van der Waals surface area contributed by atoms with Gasteiger partial charge in [0.2, 0.25) is 5.91 Å². The molecule has 2 amide bonds. The molecule has 2 aromatic carbocycles. The van der Waals surface area contributed by atoms with Crippen LogP contribution in [0.2, 0.25) is 0 Å². The monoisotopic (exact) mass is 396 g/mol. The molecular formula is C24H20N4O2. The quantitative estimate of drug-likeness (QED) is 0.435. The number of carbonyl (C=O) groups excluding carboxylic acids is 2. The lowest BCUT2D eigenvalue weighted by Crippen LogP contribution is -2.11. The minimum absolute atomic E-state index is 0.272. The van der Waals surface area contributed by atoms with Crippen LogP contribution in [0.4, 0.5) is 5.69 Å². The van der Waals surface area contributed by atoms with E-state index in [2.05, 4.69) is 21.9 Å². The average molecular weight is 396 g/mol. The molecule has 148 valence electrons. The number of nitrogens with one attached hydrogen (secondary N) is 2. The SMILES string of the molecule is C=CC(=O)Nc1cccc(-c2ccc(C(N)=O)c3[nH]c(-c4ccncc4)cc23)c1C. The Morgan fingerprint density at radius 2 is 1.87 bits per heavy atom. The Balaban J connectivity index is 1.94. The number of fused-ring (bicyclic) bond motifs is 1. The van der Waals surface area contributed by atoms with Crippen molar-refractivity contribution in [1.82, 2.24) is 9.97 Å². The van der Waals surface area contributed by atoms with Gasteiger partial charge in [0, 0.05) is 34.7 Å². The number of amides is 2. The summed E-state index contributed by atoms with van der Waals surface area (Å²) in [6, 6.07) is 15.1. The smallest absolute Gasteiger partial charge is 0.250 e. The first-order valence-electron chi connectivity index (χ1n) is 9.39. The summed E-state index contributed by atoms with van der Waals surface area (Å²) in [5, 5.41) is 3.70. The molecule has 4 N–H and O–H groups in total. The molecule has 2 heterocycles. The van der Waals surface area contributed by atoms with Gasteiger partial charge in [0.25, 0.3) is 5.91 Å². The third kappa shape index (κ3) is 3.35. The van der Waals surface area contributed by atoms with Gasteiger partial charge in [0.1, 0.15) is 0 Å². The van der Waals surface area contributed by atoms with E-state index in [-0.39, 0.29) is 5.91 Å². The molecule has 0 fully saturated rings. The summed E-state index contributed by atoms with van der Waals surface area (Å²) in [5.41, 5.74) is 12.0. The van der Waals surface area contributed by atoms with Crippen molar-refractivity contribution >= 4 is 28.4 Å². The number of aromatic amines is 1. The molecule has 0 saturated carbocycles. The van der Waals surface area contributed by atoms with Crippen LogP contribution in [0.15, 0.2) is 73.6 Å². The molecule has 0 saturated heterocycles. The lowest BCUT2D eigenvalue weighted by atomic mass is 9.94. The van der Waals surface area contributed by atoms with Gasteiger partial charge in [-0.3, -0.25) is 14.6 Å². The topological polar surface area (TPSA) is 101 Å². The lowest BCUT2D eigenvalue weighted by Gasteiger charge is -2.13. The van der Waals surface area contributed by atoms with E-state index in [0.717, 1.165) is 33.3 Å². The standard InChI is InChI=1S/C24H20N4O2/c1-3-22(29)27-20-6-4-5-16(14(20)2)17-7-8-18(24(25)30)23-19(17)13-21(28-23)15-9-11-26-12-10-15/h3-13,28H,1H2,2H3,(H2,25,30)(H,27,29). The van der Waals surface area contributed by atoms with Crippen LogP contribution in [0.1, 0.15) is 15.9 Å². The highest BCUT2D eigenvalue weighted by Gasteiger charge is 2.17. The number of primary amides is 1. The zero-order valence-corrected chi connectivity index (χ0v) is 16.4. The summed E-state index contributed by atoms with van der Waals surface area (Å²) in [4.78, 5) is 31.2. The van der Waals surface area contributed by atoms with E-state index in [1.807, 2.05) is 49.4 Å². The second kappa shape index (κ2) is 7.67. The molecular weight excluding hydrogens is 376 g/mol. The Hall–Kier alpha value is -4.19. The average Bonchev–Trinajstić information content (AvgIpc) is 3.20. The van der Waals surface area contributed by atoms with Gasteiger partial charge in [-0.05, 0) is 60.0 Å². The van der Waals surface area contributed by atoms with Crippen LogP contribution in [0.3, 0.4) is 0 Å². The lowest BCUT2D eigenvalue weighted by molar-refractivity contribution is -0.111. The fourth-order valence-electron chi connectivity index (χ4n) is 3.59. The zero-order chi connectivity index (χ0) is 21.3. The molecule has 0 bridgehead atoms. The van der Waals surface area contributed by atoms with Gasteiger partial charge >= 0.3 is 0 Å². The molecule has 30 heavy (non-hydrogen) atoms. The minimum atomic E-state index is -0.501. The Kier molecular flexibility index (Phi) is 4.90. The molecule has 4 aromatic rings. The number of hydrogen-bond donors (Lipinski definition) is 3. The first kappa shape index (κ1) is 19.1. The maximum absolute atomic E-state index is 12.0. The normalized spacial score (nSPS) is 10.7. The van der Waals surface area contributed by atoms with Crippen molar-refractivity contribution < 1.29 is 9.59 Å². The number of anilines is 1. The zero-order valence-electron chi connectivity index (χ0n) is 16.4. The number of pyridine rings is 1. The molecule has 0 atom stereocenters. The van der Waals surface area contributed by atoms with Gasteiger partial charge in [0.05, 0.1) is 11.1 Å². The highest BCUT2D eigenvalue weighted by Crippen LogP contribution is 2.37. The number of nitrogens with zero attached hydrogens (tertiary/aromatic N) is 1. The Bertz CT molecular complexity index is 1290. The first-order valence-corrected chi connectivity index (χ1v) is 9.39. The molecule has 0 radical (unpaired) electrons. The van der Waals surface area contributed by atoms with Crippen molar-refractivity contribution in [1.29, 1.82) is 0 Å². The van der Waals surface area contributed by atoms with Crippen LogP contribution < -0.4 is 11.1 Å². The summed E-state index contributed by atoms with van der Waals surface area (Å²) < 4.78 is 0. The number of hydrogen-bond acceptors (Lipinski definition) is 3. The van der Waals surface area contributed by atoms with Gasteiger partial charge < -0.3 is 16.0 Å². The van der Waals surface area contributed by atoms with Crippen LogP contribution in [-0.4, -0.2) is 21.8 Å². The van der Waals surface area contributed by atoms with E-state index in [1.165, 1.54) is 6.08 Å². The molecule has 0 spiro atoms. The van der Waals surface area contributed by atoms with Crippen molar-refractivity contribution in [3.8, 4) is 22.4 Å². The van der Waals surface area contributed by atoms with Crippen molar-refractivity contribution in [2.45, 2.75) is 6.92 Å². The molecule has 6 nitrogen and oxygen atoms in total. The van der Waals surface area contributed by atoms with Crippen molar-refractivity contribution in [3.05, 3.63) is 84.7 Å². The first-order chi connectivity index (χ1) is 14.5. The maximum atomic E-state index is 12.0. The Morgan fingerprint density at radius 3 is 2.57 bits per heavy atom. The van der Waals surface area contributed by atoms with Crippen LogP contribution >= 0.6 is 0 Å². The molecule has 2 aromatic heterocycles. The molecule has 0 unspecified atom stereocenters. The third-order valence-corrected chi connectivity index (χ3v) is 5.12. The Morgan fingerprint density at radius 1 is 1.10 bits per heavy atom. The molecule has 6 heteroatoms. The van der Waals surface area contributed by atoms with E-state index in [4.69, 9.17) is 5.73 Å². The fourth-order valence-corrected chi connectivity index (χ4v) is 3.59. The van der Waals surface area contributed by atoms with Gasteiger partial charge in [-0.15, -0.1) is 0 Å². The van der Waals surface area contributed by atoms with Gasteiger partial charge in [-0.2, -0.15) is 0 Å². The van der Waals surface area contributed by atoms with Crippen LogP contribution in [0, 0.1) is 6.92 Å². The number of aromatic nitrogens is 2. The van der Waals surface area contributed by atoms with Crippen molar-refractivity contribution in [2.75, 3.05) is 5.32 Å². The fraction of sp³-hybridized carbons (Fsp3) is 0.0417. The number of carbonyl (C=O) groups is 2. The van der Waals surface area contributed by atoms with Crippen molar-refractivity contribution in [3.63, 3.8) is 0 Å². The van der Waals surface area contributed by atoms with Gasteiger partial charge in [0.15, 0.2) is 0 Å². The van der Waals surface area contributed by atoms with Crippen molar-refractivity contribution in [2.24, 2.45) is 5.73 Å². The van der Waals surface area contributed by atoms with Crippen LogP contribution in [0.25, 0.3) is 33.3 Å². The summed E-state index contributed by atoms with van der Waals surface area (Å²) in [6.45, 7) is 5.44. The minimum Gasteiger partial charge on any atom is -0.366 e. The molecule has 0 aliphatic heterocycles. The molecule has 0 aliphatic rings. The van der Waals surface area contributed by atoms with Crippen LogP contribution in [-0.2, 0) is 4.79 Å². The van der Waals surface area contributed by atoms with E-state index >= 15 is 0 Å². The number of benzene rings is 2. The third-order valence-electron chi connectivity index (χ3n) is 5.12. The van der Waals surface area contributed by atoms with Gasteiger partial charge in [-0.25, -0.2) is 0 Å². The number of nitrogens with two attached hydrogens (primary N) is 1. The predicted octanol–water partition coefficient (Wildman–Crippen LogP) is 4.43. The summed E-state index contributed by atoms with van der Waals surface area (Å²) >= 11 is 0. The highest BCUT2D eigenvalue weighted by atomic mass is 16.1. The van der Waals surface area contributed by atoms with Crippen LogP contribution in [0.5, 0.6) is 0 Å². The number of rotatable bonds is 5. The second-order valence-electron chi connectivity index (χ2n) is 6.90. The largest absolute Gasteiger partial charge is 0.366 e.